The number of ether oxygens (including phenoxy) is 2. The van der Waals surface area contributed by atoms with Gasteiger partial charge in [0.25, 0.3) is 0 Å². The van der Waals surface area contributed by atoms with E-state index in [4.69, 9.17) is 9.47 Å². The van der Waals surface area contributed by atoms with Crippen molar-refractivity contribution in [1.82, 2.24) is 5.32 Å². The van der Waals surface area contributed by atoms with Crippen LogP contribution in [0, 0.1) is 0 Å². The molecule has 0 heterocycles. The molecule has 0 bridgehead atoms. The molecule has 0 saturated heterocycles. The van der Waals surface area contributed by atoms with E-state index in [0.717, 1.165) is 5.56 Å². The Labute approximate surface area is 176 Å². The van der Waals surface area contributed by atoms with Gasteiger partial charge >= 0.3 is 12.1 Å². The summed E-state index contributed by atoms with van der Waals surface area (Å²) < 4.78 is 10.5. The zero-order chi connectivity index (χ0) is 22.0. The van der Waals surface area contributed by atoms with Gasteiger partial charge < -0.3 is 14.8 Å². The lowest BCUT2D eigenvalue weighted by Gasteiger charge is -2.19. The van der Waals surface area contributed by atoms with Crippen molar-refractivity contribution >= 4 is 23.9 Å². The second-order valence-electron chi connectivity index (χ2n) is 7.63. The van der Waals surface area contributed by atoms with Crippen LogP contribution in [0.25, 0.3) is 6.08 Å². The lowest BCUT2D eigenvalue weighted by atomic mass is 10.0. The number of ketones is 1. The fourth-order valence-electron chi connectivity index (χ4n) is 2.50. The van der Waals surface area contributed by atoms with E-state index in [-0.39, 0.29) is 25.1 Å². The van der Waals surface area contributed by atoms with Gasteiger partial charge in [0.05, 0.1) is 0 Å². The summed E-state index contributed by atoms with van der Waals surface area (Å²) >= 11 is 0. The van der Waals surface area contributed by atoms with Crippen molar-refractivity contribution < 1.29 is 23.9 Å². The van der Waals surface area contributed by atoms with Gasteiger partial charge in [0.1, 0.15) is 17.8 Å². The van der Waals surface area contributed by atoms with Crippen LogP contribution in [0.1, 0.15) is 38.3 Å². The third-order valence-electron chi connectivity index (χ3n) is 3.86. The maximum Gasteiger partial charge on any atom is 0.407 e. The summed E-state index contributed by atoms with van der Waals surface area (Å²) in [7, 11) is 0. The molecule has 0 aliphatic rings. The summed E-state index contributed by atoms with van der Waals surface area (Å²) in [5.41, 5.74) is 0.831. The van der Waals surface area contributed by atoms with Crippen LogP contribution in [0.4, 0.5) is 4.79 Å². The number of carbonyl (C=O) groups is 3. The van der Waals surface area contributed by atoms with Crippen LogP contribution in [0.15, 0.2) is 66.2 Å². The number of hydrogen-bond acceptors (Lipinski definition) is 5. The molecular weight excluding hydrogens is 382 g/mol. The van der Waals surface area contributed by atoms with Gasteiger partial charge in [-0.25, -0.2) is 9.59 Å². The van der Waals surface area contributed by atoms with Crippen LogP contribution in [0.3, 0.4) is 0 Å². The number of benzene rings is 2. The van der Waals surface area contributed by atoms with E-state index in [1.54, 1.807) is 32.9 Å². The van der Waals surface area contributed by atoms with Gasteiger partial charge in [0.15, 0.2) is 5.78 Å². The van der Waals surface area contributed by atoms with E-state index in [0.29, 0.717) is 5.56 Å². The van der Waals surface area contributed by atoms with Crippen molar-refractivity contribution in [2.75, 3.05) is 6.54 Å². The molecule has 0 saturated carbocycles. The fraction of sp³-hybridized carbons (Fsp3) is 0.292. The van der Waals surface area contributed by atoms with Crippen LogP contribution in [0.2, 0.25) is 0 Å². The monoisotopic (exact) mass is 409 g/mol. The molecule has 0 aliphatic carbocycles. The number of alkyl carbamates (subject to hydrolysis) is 1. The van der Waals surface area contributed by atoms with E-state index < -0.39 is 23.4 Å². The van der Waals surface area contributed by atoms with Gasteiger partial charge in [-0.1, -0.05) is 60.7 Å². The molecule has 158 valence electrons. The van der Waals surface area contributed by atoms with Gasteiger partial charge in [-0.15, -0.1) is 0 Å². The molecule has 6 heteroatoms. The van der Waals surface area contributed by atoms with Gasteiger partial charge in [0, 0.05) is 13.0 Å². The predicted molar refractivity (Wildman–Crippen MR) is 115 cm³/mol. The average molecular weight is 409 g/mol. The van der Waals surface area contributed by atoms with Crippen molar-refractivity contribution in [3.8, 4) is 0 Å². The Kier molecular flexibility index (Phi) is 8.35. The van der Waals surface area contributed by atoms with Crippen molar-refractivity contribution in [3.05, 3.63) is 77.4 Å². The number of rotatable bonds is 8. The molecular formula is C24H27NO5. The third kappa shape index (κ3) is 8.31. The molecule has 1 N–H and O–H groups in total. The molecule has 0 aliphatic heterocycles. The molecule has 0 aromatic heterocycles. The van der Waals surface area contributed by atoms with E-state index in [1.807, 2.05) is 48.5 Å². The number of amides is 1. The highest BCUT2D eigenvalue weighted by Crippen LogP contribution is 2.13. The van der Waals surface area contributed by atoms with Gasteiger partial charge in [0.2, 0.25) is 0 Å². The first kappa shape index (κ1) is 22.9. The summed E-state index contributed by atoms with van der Waals surface area (Å²) in [6, 6.07) is 18.3. The molecule has 0 radical (unpaired) electrons. The Bertz CT molecular complexity index is 883. The second-order valence-corrected chi connectivity index (χ2v) is 7.63. The summed E-state index contributed by atoms with van der Waals surface area (Å²) in [6.45, 7) is 5.37. The Hall–Kier alpha value is -3.41. The fourth-order valence-corrected chi connectivity index (χ4v) is 2.50. The maximum atomic E-state index is 12.7. The van der Waals surface area contributed by atoms with E-state index in [1.165, 1.54) is 6.08 Å². The highest BCUT2D eigenvalue weighted by molar-refractivity contribution is 6.20. The Balaban J connectivity index is 2.03. The van der Waals surface area contributed by atoms with Crippen LogP contribution < -0.4 is 5.32 Å². The zero-order valence-corrected chi connectivity index (χ0v) is 17.5. The molecule has 0 atom stereocenters. The molecule has 2 aromatic rings. The van der Waals surface area contributed by atoms with Crippen molar-refractivity contribution in [1.29, 1.82) is 0 Å². The molecule has 0 unspecified atom stereocenters. The maximum absolute atomic E-state index is 12.7. The van der Waals surface area contributed by atoms with E-state index in [9.17, 15) is 14.4 Å². The Morgan fingerprint density at radius 1 is 0.933 bits per heavy atom. The molecule has 2 rings (SSSR count). The second kappa shape index (κ2) is 11.0. The lowest BCUT2D eigenvalue weighted by Crippen LogP contribution is -2.34. The largest absolute Gasteiger partial charge is 0.457 e. The normalized spacial score (nSPS) is 11.5. The topological polar surface area (TPSA) is 81.7 Å². The summed E-state index contributed by atoms with van der Waals surface area (Å²) in [4.78, 5) is 37.1. The zero-order valence-electron chi connectivity index (χ0n) is 17.5. The van der Waals surface area contributed by atoms with Crippen LogP contribution in [-0.4, -0.2) is 30.0 Å². The molecule has 0 spiro atoms. The van der Waals surface area contributed by atoms with Crippen molar-refractivity contribution in [2.45, 2.75) is 39.4 Å². The minimum Gasteiger partial charge on any atom is -0.457 e. The average Bonchev–Trinajstić information content (AvgIpc) is 2.70. The summed E-state index contributed by atoms with van der Waals surface area (Å²) in [5, 5.41) is 2.52. The van der Waals surface area contributed by atoms with Gasteiger partial charge in [-0.05, 0) is 38.0 Å². The Morgan fingerprint density at radius 3 is 2.13 bits per heavy atom. The number of esters is 1. The number of nitrogens with one attached hydrogen (secondary N) is 1. The van der Waals surface area contributed by atoms with Gasteiger partial charge in [-0.3, -0.25) is 4.79 Å². The number of Topliss-reactive ketones (excluding diaryl/α,β-unsaturated/α-hetero) is 1. The van der Waals surface area contributed by atoms with E-state index >= 15 is 0 Å². The first-order valence-corrected chi connectivity index (χ1v) is 9.72. The van der Waals surface area contributed by atoms with Gasteiger partial charge in [-0.2, -0.15) is 0 Å². The first-order chi connectivity index (χ1) is 14.2. The van der Waals surface area contributed by atoms with Crippen molar-refractivity contribution in [2.24, 2.45) is 0 Å². The van der Waals surface area contributed by atoms with Crippen LogP contribution in [-0.2, 0) is 25.7 Å². The lowest BCUT2D eigenvalue weighted by molar-refractivity contribution is -0.141. The predicted octanol–water partition coefficient (Wildman–Crippen LogP) is 4.30. The quantitative estimate of drug-likeness (QED) is 0.304. The van der Waals surface area contributed by atoms with Crippen LogP contribution in [0.5, 0.6) is 0 Å². The minimum absolute atomic E-state index is 0.0475. The molecule has 1 amide bonds. The number of hydrogen-bond donors (Lipinski definition) is 1. The van der Waals surface area contributed by atoms with Crippen molar-refractivity contribution in [3.63, 3.8) is 0 Å². The third-order valence-corrected chi connectivity index (χ3v) is 3.86. The minimum atomic E-state index is -0.704. The van der Waals surface area contributed by atoms with Crippen LogP contribution >= 0.6 is 0 Å². The molecule has 0 fully saturated rings. The molecule has 2 aromatic carbocycles. The smallest absolute Gasteiger partial charge is 0.407 e. The van der Waals surface area contributed by atoms with E-state index in [2.05, 4.69) is 5.32 Å². The standard InChI is InChI=1S/C24H27NO5/c1-24(2,3)30-23(28)25-15-14-21(26)20(16-18-10-6-4-7-11-18)22(27)29-17-19-12-8-5-9-13-19/h4-13,16H,14-15,17H2,1-3H3,(H,25,28)/b20-16+. The first-order valence-electron chi connectivity index (χ1n) is 9.72. The molecule has 6 nitrogen and oxygen atoms in total. The molecule has 30 heavy (non-hydrogen) atoms. The Morgan fingerprint density at radius 2 is 1.53 bits per heavy atom. The number of carbonyl (C=O) groups excluding carboxylic acids is 3. The SMILES string of the molecule is CC(C)(C)OC(=O)NCCC(=O)/C(=C\c1ccccc1)C(=O)OCc1ccccc1. The summed E-state index contributed by atoms with van der Waals surface area (Å²) in [5.74, 6) is -1.13. The summed E-state index contributed by atoms with van der Waals surface area (Å²) in [6.07, 6.45) is 0.831. The highest BCUT2D eigenvalue weighted by atomic mass is 16.6. The highest BCUT2D eigenvalue weighted by Gasteiger charge is 2.21.